The van der Waals surface area contributed by atoms with Crippen LogP contribution in [0.2, 0.25) is 0 Å². The molecule has 10 aromatic rings. The van der Waals surface area contributed by atoms with E-state index >= 15 is 0 Å². The summed E-state index contributed by atoms with van der Waals surface area (Å²) < 4.78 is 15.9. The molecule has 0 unspecified atom stereocenters. The molecule has 4 heterocycles. The average molecular weight is 1090 g/mol. The number of ether oxygens (including phenoxy) is 2. The van der Waals surface area contributed by atoms with Gasteiger partial charge in [0, 0.05) is 50.0 Å². The van der Waals surface area contributed by atoms with E-state index in [0.29, 0.717) is 22.9 Å². The number of aromatic hydroxyl groups is 1. The van der Waals surface area contributed by atoms with Crippen LogP contribution < -0.4 is 25.9 Å². The van der Waals surface area contributed by atoms with E-state index in [9.17, 15) is 5.11 Å². The van der Waals surface area contributed by atoms with Gasteiger partial charge in [-0.1, -0.05) is 174 Å². The van der Waals surface area contributed by atoms with Crippen LogP contribution in [0, 0.1) is 6.07 Å². The minimum atomic E-state index is -0.203. The fourth-order valence-electron chi connectivity index (χ4n) is 10.1. The first-order chi connectivity index (χ1) is 33.4. The summed E-state index contributed by atoms with van der Waals surface area (Å²) in [5.74, 6) is 3.08. The zero-order valence-electron chi connectivity index (χ0n) is 39.8. The third-order valence-corrected chi connectivity index (χ3v) is 13.7. The SMILES string of the molecule is CC(C)(C)c1cc(-c2cc(-c3ccccc3)ccn2)[c-]c(-c2cccc3c2nc(-c2c(O)cc4c5c2Oc2ccccc2B5c2ccccc2O4)n3-c2ccc(C(C)(C)C)cc2-c2ccccc2)c1.[Pt]. The molecular formula is C62H49BN3O3Pt-. The molecule has 0 radical (unpaired) electrons. The van der Waals surface area contributed by atoms with Gasteiger partial charge in [0.05, 0.1) is 16.7 Å². The minimum Gasteiger partial charge on any atom is -0.507 e. The fourth-order valence-corrected chi connectivity index (χ4v) is 10.1. The number of phenolic OH excluding ortho intramolecular Hbond substituents is 1. The van der Waals surface area contributed by atoms with Gasteiger partial charge in [-0.25, -0.2) is 4.98 Å². The summed E-state index contributed by atoms with van der Waals surface area (Å²) in [7, 11) is 0. The maximum atomic E-state index is 12.6. The summed E-state index contributed by atoms with van der Waals surface area (Å²) in [5, 5.41) is 12.6. The molecule has 70 heavy (non-hydrogen) atoms. The number of rotatable bonds is 6. The molecule has 0 saturated heterocycles. The molecule has 0 atom stereocenters. The maximum Gasteiger partial charge on any atom is 0.260 e. The van der Waals surface area contributed by atoms with Crippen molar-refractivity contribution in [3.8, 4) is 90.5 Å². The van der Waals surface area contributed by atoms with Crippen LogP contribution in [0.25, 0.3) is 72.7 Å². The van der Waals surface area contributed by atoms with Crippen LogP contribution in [0.5, 0.6) is 28.7 Å². The van der Waals surface area contributed by atoms with Gasteiger partial charge in [0.2, 0.25) is 0 Å². The normalized spacial score (nSPS) is 12.6. The molecule has 2 aromatic heterocycles. The third kappa shape index (κ3) is 7.64. The van der Waals surface area contributed by atoms with E-state index < -0.39 is 0 Å². The first-order valence-corrected chi connectivity index (χ1v) is 23.6. The number of pyridine rings is 1. The summed E-state index contributed by atoms with van der Waals surface area (Å²) >= 11 is 0. The van der Waals surface area contributed by atoms with Crippen molar-refractivity contribution in [1.82, 2.24) is 14.5 Å². The largest absolute Gasteiger partial charge is 0.507 e. The molecule has 0 bridgehead atoms. The van der Waals surface area contributed by atoms with Crippen LogP contribution in [0.3, 0.4) is 0 Å². The van der Waals surface area contributed by atoms with E-state index in [2.05, 4.69) is 174 Å². The molecule has 0 fully saturated rings. The Bertz CT molecular complexity index is 3660. The van der Waals surface area contributed by atoms with Crippen molar-refractivity contribution in [1.29, 1.82) is 0 Å². The van der Waals surface area contributed by atoms with E-state index in [1.165, 1.54) is 5.56 Å². The monoisotopic (exact) mass is 1090 g/mol. The van der Waals surface area contributed by atoms with Crippen molar-refractivity contribution >= 4 is 34.1 Å². The quantitative estimate of drug-likeness (QED) is 0.133. The molecule has 0 spiro atoms. The van der Waals surface area contributed by atoms with E-state index in [-0.39, 0.29) is 44.4 Å². The van der Waals surface area contributed by atoms with Crippen LogP contribution >= 0.6 is 0 Å². The van der Waals surface area contributed by atoms with Crippen molar-refractivity contribution in [2.75, 3.05) is 0 Å². The molecule has 2 aliphatic rings. The first kappa shape index (κ1) is 45.0. The first-order valence-electron chi connectivity index (χ1n) is 23.6. The van der Waals surface area contributed by atoms with Gasteiger partial charge in [-0.15, -0.1) is 29.3 Å². The zero-order chi connectivity index (χ0) is 47.2. The number of fused-ring (bicyclic) bond motifs is 5. The van der Waals surface area contributed by atoms with E-state index in [0.717, 1.165) is 94.8 Å². The molecule has 344 valence electrons. The second-order valence-corrected chi connectivity index (χ2v) is 20.3. The Morgan fingerprint density at radius 1 is 0.557 bits per heavy atom. The van der Waals surface area contributed by atoms with Gasteiger partial charge in [-0.3, -0.25) is 9.55 Å². The maximum absolute atomic E-state index is 12.6. The van der Waals surface area contributed by atoms with Gasteiger partial charge < -0.3 is 14.6 Å². The number of imidazole rings is 1. The Morgan fingerprint density at radius 2 is 1.20 bits per heavy atom. The van der Waals surface area contributed by atoms with Crippen molar-refractivity contribution in [3.63, 3.8) is 0 Å². The van der Waals surface area contributed by atoms with Gasteiger partial charge in [-0.05, 0) is 80.4 Å². The fraction of sp³-hybridized carbons (Fsp3) is 0.129. The van der Waals surface area contributed by atoms with Gasteiger partial charge in [0.15, 0.2) is 5.82 Å². The summed E-state index contributed by atoms with van der Waals surface area (Å²) in [4.78, 5) is 10.6. The topological polar surface area (TPSA) is 69.4 Å². The van der Waals surface area contributed by atoms with Crippen LogP contribution in [0.15, 0.2) is 182 Å². The van der Waals surface area contributed by atoms with Gasteiger partial charge in [-0.2, -0.15) is 0 Å². The Hall–Kier alpha value is -7.47. The molecule has 0 amide bonds. The number of hydrogen-bond acceptors (Lipinski definition) is 5. The predicted molar refractivity (Wildman–Crippen MR) is 282 cm³/mol. The standard InChI is InChI=1S/C62H49BN3O3.Pt/c1-61(2,3)43-28-29-50(46(36-43)39-20-11-8-12-21-39)66-51-25-17-22-45(41-32-42(34-44(33-41)62(4,5)6)49-35-40(30-31-64-49)38-18-9-7-10-19-38)58(51)65-60(66)56-52(67)37-55-57-59(56)69-54-27-16-14-24-48(54)63(57)47-23-13-15-26-53(47)68-55;/h7-31,33-37,67H,1-6H3;/q-1;. The van der Waals surface area contributed by atoms with Gasteiger partial charge in [0.25, 0.3) is 6.71 Å². The van der Waals surface area contributed by atoms with Crippen LogP contribution in [0.1, 0.15) is 52.7 Å². The second-order valence-electron chi connectivity index (χ2n) is 20.3. The molecule has 1 N–H and O–H groups in total. The Morgan fingerprint density at radius 3 is 1.90 bits per heavy atom. The Labute approximate surface area is 424 Å². The van der Waals surface area contributed by atoms with Crippen molar-refractivity contribution in [3.05, 3.63) is 199 Å². The van der Waals surface area contributed by atoms with Gasteiger partial charge >= 0.3 is 0 Å². The van der Waals surface area contributed by atoms with Crippen LogP contribution in [-0.2, 0) is 31.9 Å². The molecule has 8 heteroatoms. The number of aromatic nitrogens is 3. The predicted octanol–water partition coefficient (Wildman–Crippen LogP) is 13.6. The Balaban J connectivity index is 0.00000533. The van der Waals surface area contributed by atoms with E-state index in [4.69, 9.17) is 19.4 Å². The number of phenols is 1. The van der Waals surface area contributed by atoms with Crippen molar-refractivity contribution < 1.29 is 35.6 Å². The third-order valence-electron chi connectivity index (χ3n) is 13.7. The number of para-hydroxylation sites is 3. The van der Waals surface area contributed by atoms with Crippen LogP contribution in [-0.4, -0.2) is 26.4 Å². The summed E-state index contributed by atoms with van der Waals surface area (Å²) in [6.45, 7) is 13.2. The van der Waals surface area contributed by atoms with E-state index in [1.807, 2.05) is 54.7 Å². The average Bonchev–Trinajstić information content (AvgIpc) is 3.75. The number of hydrogen-bond donors (Lipinski definition) is 1. The molecule has 12 rings (SSSR count). The molecule has 2 aliphatic heterocycles. The summed E-state index contributed by atoms with van der Waals surface area (Å²) in [5.41, 5.74) is 15.8. The minimum absolute atomic E-state index is 0. The Kier molecular flexibility index (Phi) is 11.1. The van der Waals surface area contributed by atoms with E-state index in [1.54, 1.807) is 6.07 Å². The summed E-state index contributed by atoms with van der Waals surface area (Å²) in [6, 6.07) is 64.5. The molecule has 0 aliphatic carbocycles. The number of benzene rings is 8. The summed E-state index contributed by atoms with van der Waals surface area (Å²) in [6.07, 6.45) is 1.88. The zero-order valence-corrected chi connectivity index (χ0v) is 42.1. The molecular weight excluding hydrogens is 1040 g/mol. The van der Waals surface area contributed by atoms with Crippen LogP contribution in [0.4, 0.5) is 0 Å². The molecule has 0 saturated carbocycles. The second kappa shape index (κ2) is 17.2. The smallest absolute Gasteiger partial charge is 0.260 e. The number of nitrogens with zero attached hydrogens (tertiary/aromatic N) is 3. The van der Waals surface area contributed by atoms with Crippen molar-refractivity contribution in [2.45, 2.75) is 52.4 Å². The molecule has 8 aromatic carbocycles. The van der Waals surface area contributed by atoms with Crippen molar-refractivity contribution in [2.24, 2.45) is 0 Å². The molecule has 6 nitrogen and oxygen atoms in total. The van der Waals surface area contributed by atoms with Gasteiger partial charge in [0.1, 0.15) is 34.3 Å².